The van der Waals surface area contributed by atoms with E-state index < -0.39 is 0 Å². The van der Waals surface area contributed by atoms with E-state index in [0.717, 1.165) is 19.6 Å². The summed E-state index contributed by atoms with van der Waals surface area (Å²) < 4.78 is 0. The van der Waals surface area contributed by atoms with Crippen LogP contribution in [0, 0.1) is 0 Å². The summed E-state index contributed by atoms with van der Waals surface area (Å²) >= 11 is 0. The molecule has 6 nitrogen and oxygen atoms in total. The van der Waals surface area contributed by atoms with Gasteiger partial charge >= 0.3 is 0 Å². The van der Waals surface area contributed by atoms with Crippen molar-refractivity contribution in [3.05, 3.63) is 24.4 Å². The summed E-state index contributed by atoms with van der Waals surface area (Å²) in [5.41, 5.74) is 5.44. The van der Waals surface area contributed by atoms with E-state index >= 15 is 0 Å². The first-order chi connectivity index (χ1) is 8.74. The van der Waals surface area contributed by atoms with Gasteiger partial charge in [-0.25, -0.2) is 4.98 Å². The lowest BCUT2D eigenvalue weighted by Crippen LogP contribution is -2.52. The van der Waals surface area contributed by atoms with Gasteiger partial charge in [0.05, 0.1) is 6.54 Å². The number of hydrogen-bond acceptors (Lipinski definition) is 5. The number of aromatic nitrogens is 1. The van der Waals surface area contributed by atoms with Gasteiger partial charge < -0.3 is 5.32 Å². The molecule has 0 spiro atoms. The Hall–Kier alpha value is -1.66. The van der Waals surface area contributed by atoms with Crippen molar-refractivity contribution in [2.24, 2.45) is 0 Å². The van der Waals surface area contributed by atoms with Gasteiger partial charge in [0.1, 0.15) is 5.82 Å². The van der Waals surface area contributed by atoms with E-state index in [-0.39, 0.29) is 5.91 Å². The quantitative estimate of drug-likeness (QED) is 0.646. The van der Waals surface area contributed by atoms with Gasteiger partial charge in [-0.15, -0.1) is 0 Å². The Kier molecular flexibility index (Phi) is 4.49. The molecule has 1 saturated heterocycles. The predicted octanol–water partition coefficient (Wildman–Crippen LogP) is -0.182. The number of hydrazine groups is 1. The van der Waals surface area contributed by atoms with Gasteiger partial charge in [-0.05, 0) is 19.1 Å². The van der Waals surface area contributed by atoms with Crippen molar-refractivity contribution >= 4 is 11.7 Å². The van der Waals surface area contributed by atoms with Crippen LogP contribution in [0.2, 0.25) is 0 Å². The van der Waals surface area contributed by atoms with E-state index in [0.29, 0.717) is 18.4 Å². The fraction of sp³-hybridized carbons (Fsp3) is 0.500. The van der Waals surface area contributed by atoms with Crippen molar-refractivity contribution in [1.29, 1.82) is 0 Å². The number of nitrogens with zero attached hydrogens (tertiary/aromatic N) is 2. The van der Waals surface area contributed by atoms with Crippen LogP contribution in [0.15, 0.2) is 24.4 Å². The van der Waals surface area contributed by atoms with Gasteiger partial charge in [0.2, 0.25) is 0 Å². The number of carbonyl (C=O) groups is 1. The van der Waals surface area contributed by atoms with Crippen LogP contribution in [0.25, 0.3) is 0 Å². The maximum Gasteiger partial charge on any atom is 0.252 e. The summed E-state index contributed by atoms with van der Waals surface area (Å²) in [5.74, 6) is 0.592. The van der Waals surface area contributed by atoms with Gasteiger partial charge in [-0.3, -0.25) is 20.5 Å². The molecule has 2 rings (SSSR count). The Morgan fingerprint density at radius 1 is 1.61 bits per heavy atom. The summed E-state index contributed by atoms with van der Waals surface area (Å²) in [7, 11) is 0. The van der Waals surface area contributed by atoms with Crippen LogP contribution in [-0.4, -0.2) is 48.0 Å². The summed E-state index contributed by atoms with van der Waals surface area (Å²) in [4.78, 5) is 17.9. The zero-order valence-electron chi connectivity index (χ0n) is 10.5. The molecule has 98 valence electrons. The topological polar surface area (TPSA) is 69.3 Å². The van der Waals surface area contributed by atoms with Gasteiger partial charge in [0, 0.05) is 31.9 Å². The highest BCUT2D eigenvalue weighted by Gasteiger charge is 2.17. The Labute approximate surface area is 107 Å². The SMILES string of the molecule is CC1CN(CC(=O)NNc2ccccn2)CCN1. The molecule has 0 aliphatic carbocycles. The largest absolute Gasteiger partial charge is 0.312 e. The molecule has 3 N–H and O–H groups in total. The third-order valence-corrected chi connectivity index (χ3v) is 2.81. The zero-order valence-corrected chi connectivity index (χ0v) is 10.5. The first-order valence-corrected chi connectivity index (χ1v) is 6.15. The van der Waals surface area contributed by atoms with Gasteiger partial charge in [0.25, 0.3) is 5.91 Å². The monoisotopic (exact) mass is 249 g/mol. The lowest BCUT2D eigenvalue weighted by atomic mass is 10.2. The molecule has 1 unspecified atom stereocenters. The van der Waals surface area contributed by atoms with Crippen molar-refractivity contribution in [3.63, 3.8) is 0 Å². The maximum absolute atomic E-state index is 11.7. The number of amides is 1. The minimum Gasteiger partial charge on any atom is -0.312 e. The molecule has 1 aliphatic rings. The molecule has 6 heteroatoms. The van der Waals surface area contributed by atoms with Crippen molar-refractivity contribution in [1.82, 2.24) is 20.6 Å². The molecular formula is C12H19N5O. The summed E-state index contributed by atoms with van der Waals surface area (Å²) in [6.07, 6.45) is 1.67. The van der Waals surface area contributed by atoms with Crippen molar-refractivity contribution in [3.8, 4) is 0 Å². The van der Waals surface area contributed by atoms with Crippen LogP contribution in [0.5, 0.6) is 0 Å². The van der Waals surface area contributed by atoms with Crippen molar-refractivity contribution < 1.29 is 4.79 Å². The Bertz CT molecular complexity index is 383. The van der Waals surface area contributed by atoms with Crippen LogP contribution in [0.4, 0.5) is 5.82 Å². The highest BCUT2D eigenvalue weighted by Crippen LogP contribution is 1.99. The first kappa shape index (κ1) is 12.8. The van der Waals surface area contributed by atoms with Gasteiger partial charge in [0.15, 0.2) is 0 Å². The number of hydrogen-bond donors (Lipinski definition) is 3. The van der Waals surface area contributed by atoms with E-state index in [1.54, 1.807) is 12.3 Å². The third-order valence-electron chi connectivity index (χ3n) is 2.81. The maximum atomic E-state index is 11.7. The molecule has 2 heterocycles. The Morgan fingerprint density at radius 2 is 2.50 bits per heavy atom. The first-order valence-electron chi connectivity index (χ1n) is 6.15. The normalized spacial score (nSPS) is 20.4. The fourth-order valence-electron chi connectivity index (χ4n) is 1.97. The second-order valence-electron chi connectivity index (χ2n) is 4.48. The zero-order chi connectivity index (χ0) is 12.8. The van der Waals surface area contributed by atoms with E-state index in [1.165, 1.54) is 0 Å². The van der Waals surface area contributed by atoms with Crippen LogP contribution < -0.4 is 16.2 Å². The van der Waals surface area contributed by atoms with Crippen LogP contribution >= 0.6 is 0 Å². The van der Waals surface area contributed by atoms with Crippen molar-refractivity contribution in [2.75, 3.05) is 31.6 Å². The highest BCUT2D eigenvalue weighted by atomic mass is 16.2. The molecule has 1 atom stereocenters. The molecule has 0 aromatic carbocycles. The number of pyridine rings is 1. The molecule has 1 aromatic heterocycles. The van der Waals surface area contributed by atoms with Gasteiger partial charge in [-0.2, -0.15) is 0 Å². The number of piperazine rings is 1. The third kappa shape index (κ3) is 3.97. The molecule has 1 fully saturated rings. The predicted molar refractivity (Wildman–Crippen MR) is 69.9 cm³/mol. The molecular weight excluding hydrogens is 230 g/mol. The minimum atomic E-state index is -0.0465. The molecule has 0 saturated carbocycles. The van der Waals surface area contributed by atoms with E-state index in [4.69, 9.17) is 0 Å². The number of carbonyl (C=O) groups excluding carboxylic acids is 1. The molecule has 1 aromatic rings. The minimum absolute atomic E-state index is 0.0465. The standard InChI is InChI=1S/C12H19N5O/c1-10-8-17(7-6-13-10)9-12(18)16-15-11-4-2-3-5-14-11/h2-5,10,13H,6-9H2,1H3,(H,14,15)(H,16,18). The molecule has 1 amide bonds. The number of rotatable bonds is 4. The van der Waals surface area contributed by atoms with Crippen molar-refractivity contribution in [2.45, 2.75) is 13.0 Å². The van der Waals surface area contributed by atoms with E-state index in [2.05, 4.69) is 33.0 Å². The highest BCUT2D eigenvalue weighted by molar-refractivity contribution is 5.79. The Balaban J connectivity index is 1.72. The Morgan fingerprint density at radius 3 is 3.22 bits per heavy atom. The lowest BCUT2D eigenvalue weighted by Gasteiger charge is -2.31. The average Bonchev–Trinajstić information content (AvgIpc) is 2.38. The van der Waals surface area contributed by atoms with Crippen LogP contribution in [-0.2, 0) is 4.79 Å². The molecule has 0 bridgehead atoms. The fourth-order valence-corrected chi connectivity index (χ4v) is 1.97. The molecule has 18 heavy (non-hydrogen) atoms. The summed E-state index contributed by atoms with van der Waals surface area (Å²) in [5, 5.41) is 3.34. The summed E-state index contributed by atoms with van der Waals surface area (Å²) in [6.45, 7) is 5.27. The second-order valence-corrected chi connectivity index (χ2v) is 4.48. The number of anilines is 1. The van der Waals surface area contributed by atoms with Gasteiger partial charge in [-0.1, -0.05) is 6.07 Å². The van der Waals surface area contributed by atoms with Crippen LogP contribution in [0.3, 0.4) is 0 Å². The average molecular weight is 249 g/mol. The van der Waals surface area contributed by atoms with Crippen LogP contribution in [0.1, 0.15) is 6.92 Å². The number of nitrogens with one attached hydrogen (secondary N) is 3. The second kappa shape index (κ2) is 6.32. The van der Waals surface area contributed by atoms with E-state index in [9.17, 15) is 4.79 Å². The molecule has 0 radical (unpaired) electrons. The van der Waals surface area contributed by atoms with E-state index in [1.807, 2.05) is 12.1 Å². The molecule has 1 aliphatic heterocycles. The smallest absolute Gasteiger partial charge is 0.252 e. The summed E-state index contributed by atoms with van der Waals surface area (Å²) in [6, 6.07) is 5.93. The lowest BCUT2D eigenvalue weighted by molar-refractivity contribution is -0.122.